The van der Waals surface area contributed by atoms with Crippen LogP contribution in [0.3, 0.4) is 0 Å². The van der Waals surface area contributed by atoms with E-state index in [0.29, 0.717) is 18.2 Å². The Balaban J connectivity index is 1.87. The van der Waals surface area contributed by atoms with Crippen molar-refractivity contribution < 1.29 is 13.2 Å². The number of aromatic nitrogens is 2. The molecule has 2 amide bonds. The second-order valence-electron chi connectivity index (χ2n) is 4.30. The van der Waals surface area contributed by atoms with Crippen LogP contribution in [-0.2, 0) is 10.0 Å². The smallest absolute Gasteiger partial charge is 0.321 e. The summed E-state index contributed by atoms with van der Waals surface area (Å²) in [5.74, 6) is 0. The summed E-state index contributed by atoms with van der Waals surface area (Å²) in [6.07, 6.45) is 2.67. The molecule has 2 rings (SSSR count). The summed E-state index contributed by atoms with van der Waals surface area (Å²) in [5.41, 5.74) is 1.52. The van der Waals surface area contributed by atoms with Crippen molar-refractivity contribution in [2.45, 2.75) is 18.9 Å². The van der Waals surface area contributed by atoms with Crippen molar-refractivity contribution in [3.05, 3.63) is 5.51 Å². The highest BCUT2D eigenvalue weighted by Crippen LogP contribution is 2.13. The molecule has 2 N–H and O–H groups in total. The van der Waals surface area contributed by atoms with Gasteiger partial charge in [-0.3, -0.25) is 5.32 Å². The first-order valence-electron chi connectivity index (χ1n) is 5.74. The number of hydrogen-bond donors (Lipinski definition) is 2. The molecule has 106 valence electrons. The SMILES string of the molecule is CS(=O)(=O)N1CCCC(NC(=O)Nc2nncs2)C1. The Morgan fingerprint density at radius 3 is 3.00 bits per heavy atom. The molecular formula is C9H15N5O3S2. The molecule has 10 heteroatoms. The van der Waals surface area contributed by atoms with Crippen molar-refractivity contribution in [2.75, 3.05) is 24.7 Å². The predicted molar refractivity (Wildman–Crippen MR) is 71.5 cm³/mol. The van der Waals surface area contributed by atoms with Crippen LogP contribution in [0.15, 0.2) is 5.51 Å². The number of hydrogen-bond acceptors (Lipinski definition) is 6. The van der Waals surface area contributed by atoms with Crippen LogP contribution in [0.2, 0.25) is 0 Å². The first kappa shape index (κ1) is 14.2. The van der Waals surface area contributed by atoms with Crippen LogP contribution in [0, 0.1) is 0 Å². The number of nitrogens with zero attached hydrogens (tertiary/aromatic N) is 3. The molecule has 1 aliphatic rings. The average molecular weight is 305 g/mol. The molecule has 1 aromatic rings. The Morgan fingerprint density at radius 2 is 2.37 bits per heavy atom. The van der Waals surface area contributed by atoms with Gasteiger partial charge in [0, 0.05) is 19.1 Å². The van der Waals surface area contributed by atoms with Crippen molar-refractivity contribution in [1.29, 1.82) is 0 Å². The molecule has 1 aromatic heterocycles. The van der Waals surface area contributed by atoms with Gasteiger partial charge in [-0.15, -0.1) is 10.2 Å². The third kappa shape index (κ3) is 4.11. The van der Waals surface area contributed by atoms with Gasteiger partial charge in [-0.2, -0.15) is 0 Å². The minimum Gasteiger partial charge on any atom is -0.334 e. The van der Waals surface area contributed by atoms with Crippen LogP contribution < -0.4 is 10.6 Å². The topological polar surface area (TPSA) is 104 Å². The van der Waals surface area contributed by atoms with Gasteiger partial charge >= 0.3 is 6.03 Å². The fourth-order valence-electron chi connectivity index (χ4n) is 1.91. The van der Waals surface area contributed by atoms with Crippen LogP contribution in [0.1, 0.15) is 12.8 Å². The van der Waals surface area contributed by atoms with Crippen LogP contribution >= 0.6 is 11.3 Å². The molecule has 1 unspecified atom stereocenters. The zero-order chi connectivity index (χ0) is 13.9. The number of piperidine rings is 1. The van der Waals surface area contributed by atoms with E-state index in [2.05, 4.69) is 20.8 Å². The Kier molecular flexibility index (Phi) is 4.32. The molecule has 0 bridgehead atoms. The summed E-state index contributed by atoms with van der Waals surface area (Å²) in [6.45, 7) is 0.817. The van der Waals surface area contributed by atoms with E-state index in [0.717, 1.165) is 12.8 Å². The average Bonchev–Trinajstić information content (AvgIpc) is 2.80. The fourth-order valence-corrected chi connectivity index (χ4v) is 3.26. The highest BCUT2D eigenvalue weighted by molar-refractivity contribution is 7.88. The summed E-state index contributed by atoms with van der Waals surface area (Å²) in [6, 6.07) is -0.575. The van der Waals surface area contributed by atoms with Gasteiger partial charge < -0.3 is 5.32 Å². The molecule has 19 heavy (non-hydrogen) atoms. The summed E-state index contributed by atoms with van der Waals surface area (Å²) >= 11 is 1.22. The van der Waals surface area contributed by atoms with E-state index in [9.17, 15) is 13.2 Å². The van der Waals surface area contributed by atoms with Gasteiger partial charge in [0.2, 0.25) is 15.2 Å². The van der Waals surface area contributed by atoms with Gasteiger partial charge in [0.15, 0.2) is 0 Å². The molecule has 1 fully saturated rings. The second-order valence-corrected chi connectivity index (χ2v) is 7.12. The molecule has 8 nitrogen and oxygen atoms in total. The first-order chi connectivity index (χ1) is 8.95. The second kappa shape index (κ2) is 5.80. The maximum Gasteiger partial charge on any atom is 0.321 e. The third-order valence-electron chi connectivity index (χ3n) is 2.77. The van der Waals surface area contributed by atoms with E-state index in [1.807, 2.05) is 0 Å². The molecule has 1 saturated heterocycles. The molecule has 0 radical (unpaired) electrons. The van der Waals surface area contributed by atoms with Crippen molar-refractivity contribution in [2.24, 2.45) is 0 Å². The van der Waals surface area contributed by atoms with Crippen LogP contribution in [0.25, 0.3) is 0 Å². The Labute approximate surface area is 115 Å². The van der Waals surface area contributed by atoms with Gasteiger partial charge in [-0.25, -0.2) is 17.5 Å². The third-order valence-corrected chi connectivity index (χ3v) is 4.65. The predicted octanol–water partition coefficient (Wildman–Crippen LogP) is 0.0836. The zero-order valence-electron chi connectivity index (χ0n) is 10.4. The monoisotopic (exact) mass is 305 g/mol. The molecule has 0 aliphatic carbocycles. The molecule has 1 aliphatic heterocycles. The zero-order valence-corrected chi connectivity index (χ0v) is 12.0. The first-order valence-corrected chi connectivity index (χ1v) is 8.47. The highest BCUT2D eigenvalue weighted by Gasteiger charge is 2.26. The van der Waals surface area contributed by atoms with Crippen LogP contribution in [-0.4, -0.2) is 54.3 Å². The number of rotatable bonds is 3. The lowest BCUT2D eigenvalue weighted by atomic mass is 10.1. The lowest BCUT2D eigenvalue weighted by Crippen LogP contribution is -2.50. The quantitative estimate of drug-likeness (QED) is 0.823. The number of carbonyl (C=O) groups excluding carboxylic acids is 1. The van der Waals surface area contributed by atoms with Gasteiger partial charge in [-0.1, -0.05) is 11.3 Å². The molecule has 0 saturated carbocycles. The van der Waals surface area contributed by atoms with Crippen molar-refractivity contribution in [3.8, 4) is 0 Å². The Hall–Kier alpha value is -1.26. The van der Waals surface area contributed by atoms with E-state index < -0.39 is 16.1 Å². The lowest BCUT2D eigenvalue weighted by Gasteiger charge is -2.31. The number of carbonyl (C=O) groups is 1. The van der Waals surface area contributed by atoms with E-state index in [4.69, 9.17) is 0 Å². The molecular weight excluding hydrogens is 290 g/mol. The molecule has 2 heterocycles. The Bertz CT molecular complexity index is 530. The number of amides is 2. The fraction of sp³-hybridized carbons (Fsp3) is 0.667. The van der Waals surface area contributed by atoms with Gasteiger partial charge in [0.05, 0.1) is 6.26 Å². The number of nitrogens with one attached hydrogen (secondary N) is 2. The molecule has 0 aromatic carbocycles. The highest BCUT2D eigenvalue weighted by atomic mass is 32.2. The van der Waals surface area contributed by atoms with Gasteiger partial charge in [0.25, 0.3) is 0 Å². The summed E-state index contributed by atoms with van der Waals surface area (Å²) in [4.78, 5) is 11.7. The summed E-state index contributed by atoms with van der Waals surface area (Å²) in [5, 5.41) is 13.0. The van der Waals surface area contributed by atoms with E-state index in [-0.39, 0.29) is 6.04 Å². The summed E-state index contributed by atoms with van der Waals surface area (Å²) in [7, 11) is -3.20. The molecule has 1 atom stereocenters. The van der Waals surface area contributed by atoms with E-state index in [1.165, 1.54) is 27.4 Å². The molecule has 0 spiro atoms. The maximum absolute atomic E-state index is 11.7. The number of urea groups is 1. The normalized spacial score (nSPS) is 21.0. The largest absolute Gasteiger partial charge is 0.334 e. The maximum atomic E-state index is 11.7. The van der Waals surface area contributed by atoms with E-state index >= 15 is 0 Å². The van der Waals surface area contributed by atoms with Gasteiger partial charge in [0.1, 0.15) is 5.51 Å². The standard InChI is InChI=1S/C9H15N5O3S2/c1-19(16,17)14-4-2-3-7(5-14)11-8(15)12-9-13-10-6-18-9/h6-7H,2-5H2,1H3,(H2,11,12,13,15). The minimum absolute atomic E-state index is 0.184. The van der Waals surface area contributed by atoms with Crippen LogP contribution in [0.4, 0.5) is 9.93 Å². The van der Waals surface area contributed by atoms with Crippen molar-refractivity contribution in [3.63, 3.8) is 0 Å². The lowest BCUT2D eigenvalue weighted by molar-refractivity contribution is 0.236. The van der Waals surface area contributed by atoms with Crippen LogP contribution in [0.5, 0.6) is 0 Å². The Morgan fingerprint density at radius 1 is 1.58 bits per heavy atom. The van der Waals surface area contributed by atoms with Gasteiger partial charge in [-0.05, 0) is 12.8 Å². The van der Waals surface area contributed by atoms with Crippen molar-refractivity contribution in [1.82, 2.24) is 19.8 Å². The van der Waals surface area contributed by atoms with Crippen molar-refractivity contribution >= 4 is 32.5 Å². The minimum atomic E-state index is -3.20. The van der Waals surface area contributed by atoms with E-state index in [1.54, 1.807) is 0 Å². The number of sulfonamides is 1. The summed E-state index contributed by atoms with van der Waals surface area (Å²) < 4.78 is 24.3. The number of anilines is 1.